The van der Waals surface area contributed by atoms with E-state index < -0.39 is 0 Å². The summed E-state index contributed by atoms with van der Waals surface area (Å²) in [5, 5.41) is 3.67. The monoisotopic (exact) mass is 365 g/mol. The minimum Gasteiger partial charge on any atom is -0.370 e. The number of halogens is 2. The first kappa shape index (κ1) is 17.2. The first-order valence-corrected chi connectivity index (χ1v) is 8.64. The zero-order valence-corrected chi connectivity index (χ0v) is 14.7. The number of carbonyl (C=O) groups is 1. The molecule has 0 unspecified atom stereocenters. The van der Waals surface area contributed by atoms with Crippen molar-refractivity contribution >= 4 is 34.8 Å². The van der Waals surface area contributed by atoms with Crippen molar-refractivity contribution in [2.24, 2.45) is 0 Å². The summed E-state index contributed by atoms with van der Waals surface area (Å²) in [6.45, 7) is 4.70. The summed E-state index contributed by atoms with van der Waals surface area (Å²) in [5.74, 6) is -0.208. The van der Waals surface area contributed by atoms with Gasteiger partial charge in [0.2, 0.25) is 0 Å². The van der Waals surface area contributed by atoms with Crippen LogP contribution in [0.2, 0.25) is 10.0 Å². The molecule has 4 nitrogen and oxygen atoms in total. The van der Waals surface area contributed by atoms with Gasteiger partial charge < -0.3 is 15.0 Å². The van der Waals surface area contributed by atoms with Gasteiger partial charge in [-0.3, -0.25) is 4.79 Å². The van der Waals surface area contributed by atoms with Crippen LogP contribution < -0.4 is 10.2 Å². The summed E-state index contributed by atoms with van der Waals surface area (Å²) in [7, 11) is 0. The summed E-state index contributed by atoms with van der Waals surface area (Å²) in [5.41, 5.74) is 2.48. The number of carbonyl (C=O) groups excluding carboxylic acids is 1. The van der Waals surface area contributed by atoms with Gasteiger partial charge >= 0.3 is 0 Å². The summed E-state index contributed by atoms with van der Waals surface area (Å²) >= 11 is 11.8. The average Bonchev–Trinajstić information content (AvgIpc) is 2.60. The van der Waals surface area contributed by atoms with Crippen LogP contribution in [0.5, 0.6) is 0 Å². The van der Waals surface area contributed by atoms with Crippen LogP contribution in [0, 0.1) is 0 Å². The summed E-state index contributed by atoms with van der Waals surface area (Å²) in [4.78, 5) is 13.8. The Morgan fingerprint density at radius 2 is 1.75 bits per heavy atom. The van der Waals surface area contributed by atoms with Gasteiger partial charge in [-0.25, -0.2) is 0 Å². The van der Waals surface area contributed by atoms with Crippen LogP contribution in [0.15, 0.2) is 42.5 Å². The van der Waals surface area contributed by atoms with Crippen molar-refractivity contribution in [2.75, 3.05) is 31.6 Å². The van der Waals surface area contributed by atoms with E-state index in [0.717, 1.165) is 38.5 Å². The van der Waals surface area contributed by atoms with E-state index in [0.29, 0.717) is 15.6 Å². The normalized spacial score (nSPS) is 15.2. The Morgan fingerprint density at radius 3 is 2.42 bits per heavy atom. The lowest BCUT2D eigenvalue weighted by atomic mass is 10.1. The lowest BCUT2D eigenvalue weighted by molar-refractivity contribution is -0.921. The first-order chi connectivity index (χ1) is 11.6. The molecule has 0 bridgehead atoms. The number of ether oxygens (including phenoxy) is 1. The maximum atomic E-state index is 12.2. The number of rotatable bonds is 4. The number of amides is 1. The quantitative estimate of drug-likeness (QED) is 0.874. The number of anilines is 1. The molecule has 6 heteroatoms. The molecule has 2 aromatic carbocycles. The minimum absolute atomic E-state index is 0.208. The van der Waals surface area contributed by atoms with Crippen LogP contribution in [0.25, 0.3) is 0 Å². The van der Waals surface area contributed by atoms with Gasteiger partial charge in [-0.15, -0.1) is 0 Å². The van der Waals surface area contributed by atoms with Crippen LogP contribution in [-0.4, -0.2) is 32.2 Å². The van der Waals surface area contributed by atoms with E-state index >= 15 is 0 Å². The number of morpholine rings is 1. The number of hydrogen-bond acceptors (Lipinski definition) is 2. The van der Waals surface area contributed by atoms with Crippen molar-refractivity contribution in [3.63, 3.8) is 0 Å². The van der Waals surface area contributed by atoms with Gasteiger partial charge in [0.25, 0.3) is 5.91 Å². The molecule has 1 aliphatic rings. The molecule has 0 saturated carbocycles. The van der Waals surface area contributed by atoms with E-state index in [-0.39, 0.29) is 5.91 Å². The van der Waals surface area contributed by atoms with Crippen LogP contribution in [-0.2, 0) is 11.3 Å². The van der Waals surface area contributed by atoms with Crippen LogP contribution in [0.3, 0.4) is 0 Å². The second-order valence-electron chi connectivity index (χ2n) is 5.82. The maximum Gasteiger partial charge on any atom is 0.255 e. The van der Waals surface area contributed by atoms with Crippen molar-refractivity contribution in [3.8, 4) is 0 Å². The third-order valence-corrected chi connectivity index (χ3v) is 4.79. The van der Waals surface area contributed by atoms with Crippen LogP contribution in [0.1, 0.15) is 15.9 Å². The van der Waals surface area contributed by atoms with E-state index in [1.807, 2.05) is 24.3 Å². The molecule has 0 spiro atoms. The van der Waals surface area contributed by atoms with E-state index in [4.69, 9.17) is 27.9 Å². The highest BCUT2D eigenvalue weighted by Crippen LogP contribution is 2.23. The van der Waals surface area contributed by atoms with E-state index in [9.17, 15) is 4.79 Å². The molecule has 0 aromatic heterocycles. The smallest absolute Gasteiger partial charge is 0.255 e. The topological polar surface area (TPSA) is 42.8 Å². The highest BCUT2D eigenvalue weighted by molar-refractivity contribution is 6.42. The predicted octanol–water partition coefficient (Wildman–Crippen LogP) is 2.66. The second-order valence-corrected chi connectivity index (χ2v) is 6.63. The van der Waals surface area contributed by atoms with Crippen LogP contribution in [0.4, 0.5) is 5.69 Å². The summed E-state index contributed by atoms with van der Waals surface area (Å²) in [6.07, 6.45) is 0. The number of hydrogen-bond donors (Lipinski definition) is 2. The average molecular weight is 366 g/mol. The molecule has 1 fully saturated rings. The molecule has 2 N–H and O–H groups in total. The van der Waals surface area contributed by atoms with Crippen molar-refractivity contribution in [2.45, 2.75) is 6.54 Å². The lowest BCUT2D eigenvalue weighted by Crippen LogP contribution is -3.12. The van der Waals surface area contributed by atoms with Crippen molar-refractivity contribution in [3.05, 3.63) is 63.6 Å². The molecule has 1 amide bonds. The molecule has 1 saturated heterocycles. The van der Waals surface area contributed by atoms with Crippen LogP contribution >= 0.6 is 23.2 Å². The fraction of sp³-hybridized carbons (Fsp3) is 0.278. The summed E-state index contributed by atoms with van der Waals surface area (Å²) < 4.78 is 5.37. The molecule has 3 rings (SSSR count). The second kappa shape index (κ2) is 7.99. The Labute approximate surface area is 151 Å². The van der Waals surface area contributed by atoms with Gasteiger partial charge in [0.05, 0.1) is 23.3 Å². The van der Waals surface area contributed by atoms with Gasteiger partial charge in [-0.1, -0.05) is 35.3 Å². The Bertz CT molecular complexity index is 713. The highest BCUT2D eigenvalue weighted by atomic mass is 35.5. The predicted molar refractivity (Wildman–Crippen MR) is 96.1 cm³/mol. The Kier molecular flexibility index (Phi) is 5.74. The zero-order valence-electron chi connectivity index (χ0n) is 13.1. The third kappa shape index (κ3) is 4.48. The van der Waals surface area contributed by atoms with E-state index in [2.05, 4.69) is 5.32 Å². The van der Waals surface area contributed by atoms with Gasteiger partial charge in [0.1, 0.15) is 19.6 Å². The molecule has 2 aromatic rings. The molecule has 0 atom stereocenters. The van der Waals surface area contributed by atoms with Crippen molar-refractivity contribution in [1.29, 1.82) is 0 Å². The summed E-state index contributed by atoms with van der Waals surface area (Å²) in [6, 6.07) is 12.8. The lowest BCUT2D eigenvalue weighted by Gasteiger charge is -2.23. The standard InChI is InChI=1S/C18H18Cl2N2O2/c19-16-6-3-14(11-17(16)20)18(23)21-15-4-1-13(2-5-15)12-22-7-9-24-10-8-22/h1-6,11H,7-10,12H2,(H,21,23)/p+1. The van der Waals surface area contributed by atoms with Gasteiger partial charge in [-0.2, -0.15) is 0 Å². The maximum absolute atomic E-state index is 12.2. The minimum atomic E-state index is -0.208. The number of quaternary nitrogens is 1. The molecule has 1 heterocycles. The Balaban J connectivity index is 1.60. The Hall–Kier alpha value is -1.59. The van der Waals surface area contributed by atoms with Gasteiger partial charge in [-0.05, 0) is 30.3 Å². The third-order valence-electron chi connectivity index (χ3n) is 4.05. The van der Waals surface area contributed by atoms with E-state index in [1.54, 1.807) is 18.2 Å². The highest BCUT2D eigenvalue weighted by Gasteiger charge is 2.14. The van der Waals surface area contributed by atoms with Crippen molar-refractivity contribution < 1.29 is 14.4 Å². The fourth-order valence-electron chi connectivity index (χ4n) is 2.67. The van der Waals surface area contributed by atoms with E-state index in [1.165, 1.54) is 10.5 Å². The fourth-order valence-corrected chi connectivity index (χ4v) is 2.97. The SMILES string of the molecule is O=C(Nc1ccc(C[NH+]2CCOCC2)cc1)c1ccc(Cl)c(Cl)c1. The molecular weight excluding hydrogens is 347 g/mol. The van der Waals surface area contributed by atoms with Gasteiger partial charge in [0, 0.05) is 16.8 Å². The zero-order chi connectivity index (χ0) is 16.9. The number of benzene rings is 2. The molecule has 0 aliphatic carbocycles. The molecule has 1 aliphatic heterocycles. The largest absolute Gasteiger partial charge is 0.370 e. The molecule has 24 heavy (non-hydrogen) atoms. The number of nitrogens with one attached hydrogen (secondary N) is 2. The first-order valence-electron chi connectivity index (χ1n) is 7.88. The molecule has 0 radical (unpaired) electrons. The van der Waals surface area contributed by atoms with Crippen molar-refractivity contribution in [1.82, 2.24) is 0 Å². The molecule has 126 valence electrons. The van der Waals surface area contributed by atoms with Gasteiger partial charge in [0.15, 0.2) is 0 Å². The molecular formula is C18H19Cl2N2O2+. The Morgan fingerprint density at radius 1 is 1.04 bits per heavy atom.